The zero-order valence-corrected chi connectivity index (χ0v) is 25.0. The van der Waals surface area contributed by atoms with Gasteiger partial charge in [-0.05, 0) is 52.9 Å². The van der Waals surface area contributed by atoms with E-state index in [1.54, 1.807) is 0 Å². The predicted octanol–water partition coefficient (Wildman–Crippen LogP) is 10.8. The number of hydrogen-bond donors (Lipinski definition) is 0. The summed E-state index contributed by atoms with van der Waals surface area (Å²) in [7, 11) is 0. The number of carbonyl (C=O) groups is 1. The Morgan fingerprint density at radius 3 is 1.13 bits per heavy atom. The molecule has 2 aromatic heterocycles. The van der Waals surface area contributed by atoms with Crippen molar-refractivity contribution in [3.63, 3.8) is 0 Å². The van der Waals surface area contributed by atoms with Crippen molar-refractivity contribution in [1.82, 2.24) is 9.97 Å². The van der Waals surface area contributed by atoms with E-state index in [4.69, 9.17) is 0 Å². The van der Waals surface area contributed by atoms with Gasteiger partial charge < -0.3 is 0 Å². The van der Waals surface area contributed by atoms with Crippen LogP contribution in [0.1, 0.15) is 15.9 Å². The molecule has 0 aliphatic heterocycles. The number of aromatic nitrogens is 2. The van der Waals surface area contributed by atoms with Crippen molar-refractivity contribution in [2.75, 3.05) is 0 Å². The summed E-state index contributed by atoms with van der Waals surface area (Å²) in [5.74, 6) is 0.134. The average molecular weight is 589 g/mol. The van der Waals surface area contributed by atoms with Crippen LogP contribution in [0.5, 0.6) is 0 Å². The smallest absolute Gasteiger partial charge is 0.194 e. The monoisotopic (exact) mass is 588 g/mol. The van der Waals surface area contributed by atoms with Gasteiger partial charge in [-0.25, -0.2) is 9.97 Å². The SMILES string of the molecule is O=C1c2ccccc2-c2cccc3cccc1c23.c1ccc2nc3ccccc3cc2c1.c1ccc2nc3ccccc3cc2c1. The molecule has 1 aliphatic carbocycles. The third-order valence-corrected chi connectivity index (χ3v) is 8.46. The second kappa shape index (κ2) is 11.7. The third kappa shape index (κ3) is 5.04. The molecule has 0 unspecified atom stereocenters. The predicted molar refractivity (Wildman–Crippen MR) is 191 cm³/mol. The van der Waals surface area contributed by atoms with Crippen LogP contribution in [0.4, 0.5) is 0 Å². The molecule has 0 fully saturated rings. The van der Waals surface area contributed by atoms with Crippen LogP contribution in [0.25, 0.3) is 65.5 Å². The molecule has 2 heterocycles. The molecule has 0 bridgehead atoms. The summed E-state index contributed by atoms with van der Waals surface area (Å²) in [4.78, 5) is 21.6. The Bertz CT molecular complexity index is 2240. The number of ketones is 1. The van der Waals surface area contributed by atoms with E-state index in [0.717, 1.165) is 49.5 Å². The van der Waals surface area contributed by atoms with Gasteiger partial charge in [0, 0.05) is 38.1 Å². The molecule has 10 rings (SSSR count). The van der Waals surface area contributed by atoms with Gasteiger partial charge in [0.15, 0.2) is 5.78 Å². The highest BCUT2D eigenvalue weighted by Crippen LogP contribution is 2.38. The molecule has 0 atom stereocenters. The van der Waals surface area contributed by atoms with E-state index < -0.39 is 0 Å². The second-order valence-electron chi connectivity index (χ2n) is 11.3. The maximum Gasteiger partial charge on any atom is 0.194 e. The Kier molecular flexibility index (Phi) is 6.97. The van der Waals surface area contributed by atoms with Crippen LogP contribution < -0.4 is 0 Å². The van der Waals surface area contributed by atoms with Crippen molar-refractivity contribution < 1.29 is 4.79 Å². The van der Waals surface area contributed by atoms with Gasteiger partial charge in [0.25, 0.3) is 0 Å². The first-order chi connectivity index (χ1) is 22.7. The summed E-state index contributed by atoms with van der Waals surface area (Å²) < 4.78 is 0. The van der Waals surface area contributed by atoms with E-state index in [2.05, 4.69) is 64.6 Å². The van der Waals surface area contributed by atoms with Crippen LogP contribution in [0, 0.1) is 0 Å². The first-order valence-electron chi connectivity index (χ1n) is 15.4. The van der Waals surface area contributed by atoms with Crippen molar-refractivity contribution in [3.8, 4) is 11.1 Å². The maximum absolute atomic E-state index is 12.5. The highest BCUT2D eigenvalue weighted by Gasteiger charge is 2.23. The lowest BCUT2D eigenvalue weighted by Gasteiger charge is -2.19. The molecule has 0 spiro atoms. The van der Waals surface area contributed by atoms with E-state index in [1.807, 2.05) is 115 Å². The number of pyridine rings is 2. The summed E-state index contributed by atoms with van der Waals surface area (Å²) >= 11 is 0. The molecule has 0 N–H and O–H groups in total. The van der Waals surface area contributed by atoms with Crippen LogP contribution in [-0.4, -0.2) is 15.8 Å². The Balaban J connectivity index is 0.000000103. The number of para-hydroxylation sites is 4. The summed E-state index contributed by atoms with van der Waals surface area (Å²) in [6, 6.07) is 57.1. The molecular weight excluding hydrogens is 560 g/mol. The lowest BCUT2D eigenvalue weighted by Crippen LogP contribution is -2.09. The molecule has 46 heavy (non-hydrogen) atoms. The van der Waals surface area contributed by atoms with Gasteiger partial charge in [0.2, 0.25) is 0 Å². The minimum atomic E-state index is 0.134. The third-order valence-electron chi connectivity index (χ3n) is 8.46. The highest BCUT2D eigenvalue weighted by molar-refractivity contribution is 6.25. The number of carbonyl (C=O) groups excluding carboxylic acids is 1. The van der Waals surface area contributed by atoms with E-state index in [9.17, 15) is 4.79 Å². The Hall–Kier alpha value is -6.19. The zero-order valence-electron chi connectivity index (χ0n) is 25.0. The molecule has 0 saturated carbocycles. The first kappa shape index (κ1) is 27.4. The Morgan fingerprint density at radius 2 is 0.652 bits per heavy atom. The van der Waals surface area contributed by atoms with Gasteiger partial charge in [0.05, 0.1) is 22.1 Å². The molecule has 7 aromatic carbocycles. The van der Waals surface area contributed by atoms with Crippen molar-refractivity contribution in [2.45, 2.75) is 0 Å². The second-order valence-corrected chi connectivity index (χ2v) is 11.3. The van der Waals surface area contributed by atoms with Crippen LogP contribution in [0.2, 0.25) is 0 Å². The van der Waals surface area contributed by atoms with Crippen molar-refractivity contribution in [1.29, 1.82) is 0 Å². The Morgan fingerprint density at radius 1 is 0.304 bits per heavy atom. The largest absolute Gasteiger partial charge is 0.289 e. The van der Waals surface area contributed by atoms with E-state index in [0.29, 0.717) is 0 Å². The van der Waals surface area contributed by atoms with Gasteiger partial charge in [0.1, 0.15) is 0 Å². The van der Waals surface area contributed by atoms with Crippen LogP contribution in [0.15, 0.2) is 170 Å². The van der Waals surface area contributed by atoms with E-state index in [-0.39, 0.29) is 5.78 Å². The summed E-state index contributed by atoms with van der Waals surface area (Å²) in [6.45, 7) is 0. The number of nitrogens with zero attached hydrogens (tertiary/aromatic N) is 2. The number of benzene rings is 7. The summed E-state index contributed by atoms with van der Waals surface area (Å²) in [5.41, 5.74) is 8.09. The standard InChI is InChI=1S/C17H10O.2C13H9N/c18-17-14-8-2-1-7-12(14)13-9-3-5-11-6-4-10-15(17)16(11)13;2*1-3-7-12-10(5-1)9-11-6-2-4-8-13(11)14-12/h1-10H;2*1-9H. The quantitative estimate of drug-likeness (QED) is 0.166. The van der Waals surface area contributed by atoms with Gasteiger partial charge in [-0.3, -0.25) is 4.79 Å². The molecule has 9 aromatic rings. The van der Waals surface area contributed by atoms with Gasteiger partial charge in [-0.2, -0.15) is 0 Å². The minimum Gasteiger partial charge on any atom is -0.289 e. The Labute approximate surface area is 266 Å². The molecular formula is C43H28N2O. The van der Waals surface area contributed by atoms with Gasteiger partial charge in [-0.15, -0.1) is 0 Å². The van der Waals surface area contributed by atoms with Crippen molar-refractivity contribution in [2.24, 2.45) is 0 Å². The van der Waals surface area contributed by atoms with Gasteiger partial charge >= 0.3 is 0 Å². The topological polar surface area (TPSA) is 42.9 Å². The number of rotatable bonds is 0. The van der Waals surface area contributed by atoms with E-state index >= 15 is 0 Å². The molecule has 216 valence electrons. The molecule has 0 amide bonds. The minimum absolute atomic E-state index is 0.134. The molecule has 3 nitrogen and oxygen atoms in total. The fraction of sp³-hybridized carbons (Fsp3) is 0. The summed E-state index contributed by atoms with van der Waals surface area (Å²) in [5, 5.41) is 7.02. The lowest BCUT2D eigenvalue weighted by molar-refractivity contribution is 0.104. The fourth-order valence-corrected chi connectivity index (χ4v) is 6.26. The van der Waals surface area contributed by atoms with Crippen LogP contribution in [-0.2, 0) is 0 Å². The van der Waals surface area contributed by atoms with Crippen LogP contribution >= 0.6 is 0 Å². The van der Waals surface area contributed by atoms with Crippen molar-refractivity contribution in [3.05, 3.63) is 181 Å². The lowest BCUT2D eigenvalue weighted by atomic mass is 9.83. The van der Waals surface area contributed by atoms with Crippen LogP contribution in [0.3, 0.4) is 0 Å². The molecule has 0 radical (unpaired) electrons. The fourth-order valence-electron chi connectivity index (χ4n) is 6.26. The number of hydrogen-bond acceptors (Lipinski definition) is 3. The molecule has 1 aliphatic rings. The average Bonchev–Trinajstić information content (AvgIpc) is 3.12. The zero-order chi connectivity index (χ0) is 30.9. The van der Waals surface area contributed by atoms with E-state index in [1.165, 1.54) is 27.1 Å². The normalized spacial score (nSPS) is 11.5. The molecule has 0 saturated heterocycles. The maximum atomic E-state index is 12.5. The van der Waals surface area contributed by atoms with Gasteiger partial charge in [-0.1, -0.05) is 133 Å². The molecule has 3 heteroatoms. The first-order valence-corrected chi connectivity index (χ1v) is 15.4. The summed E-state index contributed by atoms with van der Waals surface area (Å²) in [6.07, 6.45) is 0. The van der Waals surface area contributed by atoms with Crippen molar-refractivity contribution >= 4 is 60.2 Å². The number of fused-ring (bicyclic) bond motifs is 6. The highest BCUT2D eigenvalue weighted by atomic mass is 16.1.